The predicted octanol–water partition coefficient (Wildman–Crippen LogP) is 7.61. The molecule has 0 N–H and O–H groups in total. The van der Waals surface area contributed by atoms with Crippen molar-refractivity contribution in [2.24, 2.45) is 0 Å². The Hall–Kier alpha value is -2.33. The number of hydrogen-bond acceptors (Lipinski definition) is 3. The molecule has 0 spiro atoms. The molecular weight excluding hydrogens is 630 g/mol. The summed E-state index contributed by atoms with van der Waals surface area (Å²) in [5.41, 5.74) is -3.71. The van der Waals surface area contributed by atoms with Gasteiger partial charge in [-0.1, -0.05) is 0 Å². The van der Waals surface area contributed by atoms with Gasteiger partial charge in [0.05, 0.1) is 0 Å². The van der Waals surface area contributed by atoms with Crippen LogP contribution in [0.25, 0.3) is 0 Å². The summed E-state index contributed by atoms with van der Waals surface area (Å²) in [6.07, 6.45) is -14.5. The zero-order valence-corrected chi connectivity index (χ0v) is 19.8. The summed E-state index contributed by atoms with van der Waals surface area (Å²) in [6.45, 7) is 0. The number of hydrogen-bond donors (Lipinski definition) is 0. The molecule has 0 radical (unpaired) electrons. The molecular formula is C21H12F9IO3S. The standard InChI is InChI=1S/C21H12F9IO3S/c22-19(23,24)13-5-9-15(10-6-13)31(16-11-7-14(8-12-16)20(25,26)27)34-35(32,33)18-4-2-1-3-17(18)21(28,29)30/h1-12H. The summed E-state index contributed by atoms with van der Waals surface area (Å²) in [5, 5.41) is 0. The summed E-state index contributed by atoms with van der Waals surface area (Å²) >= 11 is -3.89. The molecule has 0 fully saturated rings. The zero-order chi connectivity index (χ0) is 26.2. The van der Waals surface area contributed by atoms with Gasteiger partial charge in [0, 0.05) is 0 Å². The van der Waals surface area contributed by atoms with Crippen LogP contribution in [0.1, 0.15) is 16.7 Å². The van der Waals surface area contributed by atoms with Crippen molar-refractivity contribution in [2.75, 3.05) is 0 Å². The summed E-state index contributed by atoms with van der Waals surface area (Å²) in [6, 6.07) is 9.11. The molecule has 0 atom stereocenters. The van der Waals surface area contributed by atoms with Crippen molar-refractivity contribution in [3.8, 4) is 0 Å². The molecule has 3 rings (SSSR count). The maximum absolute atomic E-state index is 13.4. The van der Waals surface area contributed by atoms with E-state index in [-0.39, 0.29) is 7.14 Å². The van der Waals surface area contributed by atoms with Crippen LogP contribution in [0.3, 0.4) is 0 Å². The van der Waals surface area contributed by atoms with Gasteiger partial charge in [0.15, 0.2) is 0 Å². The number of alkyl halides is 9. The van der Waals surface area contributed by atoms with Crippen LogP contribution in [-0.2, 0) is 31.2 Å². The van der Waals surface area contributed by atoms with E-state index in [9.17, 15) is 47.9 Å². The molecule has 0 heterocycles. The Morgan fingerprint density at radius 3 is 1.34 bits per heavy atom. The van der Waals surface area contributed by atoms with Crippen LogP contribution in [0.5, 0.6) is 0 Å². The Labute approximate surface area is 200 Å². The zero-order valence-electron chi connectivity index (χ0n) is 16.8. The molecule has 190 valence electrons. The van der Waals surface area contributed by atoms with E-state index in [0.717, 1.165) is 36.4 Å². The van der Waals surface area contributed by atoms with E-state index in [1.54, 1.807) is 0 Å². The molecule has 0 aliphatic heterocycles. The van der Waals surface area contributed by atoms with Crippen LogP contribution in [0, 0.1) is 7.14 Å². The molecule has 35 heavy (non-hydrogen) atoms. The molecule has 14 heteroatoms. The molecule has 3 aromatic carbocycles. The van der Waals surface area contributed by atoms with Crippen LogP contribution in [0.4, 0.5) is 39.5 Å². The fourth-order valence-electron chi connectivity index (χ4n) is 2.74. The number of halogens is 10. The Balaban J connectivity index is 2.11. The SMILES string of the molecule is O=S(=O)(OI(c1ccc(C(F)(F)F)cc1)c1ccc(C(F)(F)F)cc1)c1ccccc1C(F)(F)F. The molecule has 0 aliphatic rings. The van der Waals surface area contributed by atoms with E-state index < -0.39 is 70.5 Å². The second-order valence-corrected chi connectivity index (χ2v) is 13.2. The van der Waals surface area contributed by atoms with E-state index in [0.29, 0.717) is 36.4 Å². The van der Waals surface area contributed by atoms with E-state index in [1.807, 2.05) is 0 Å². The van der Waals surface area contributed by atoms with Gasteiger partial charge < -0.3 is 0 Å². The van der Waals surface area contributed by atoms with Gasteiger partial charge in [-0.3, -0.25) is 0 Å². The van der Waals surface area contributed by atoms with E-state index >= 15 is 0 Å². The second kappa shape index (κ2) is 9.61. The van der Waals surface area contributed by atoms with Gasteiger partial charge in [-0.15, -0.1) is 0 Å². The van der Waals surface area contributed by atoms with Gasteiger partial charge in [0.2, 0.25) is 0 Å². The molecule has 0 amide bonds. The molecule has 3 aromatic rings. The molecule has 0 aliphatic carbocycles. The molecule has 0 saturated carbocycles. The average molecular weight is 642 g/mol. The fraction of sp³-hybridized carbons (Fsp3) is 0.143. The van der Waals surface area contributed by atoms with Crippen molar-refractivity contribution in [3.05, 3.63) is 96.6 Å². The van der Waals surface area contributed by atoms with Crippen molar-refractivity contribution in [3.63, 3.8) is 0 Å². The fourth-order valence-corrected chi connectivity index (χ4v) is 9.81. The van der Waals surface area contributed by atoms with Crippen LogP contribution in [0.15, 0.2) is 77.7 Å². The van der Waals surface area contributed by atoms with Crippen molar-refractivity contribution in [1.82, 2.24) is 0 Å². The third-order valence-corrected chi connectivity index (χ3v) is 11.7. The molecule has 3 nitrogen and oxygen atoms in total. The Bertz CT molecular complexity index is 1220. The normalized spacial score (nSPS) is 13.6. The van der Waals surface area contributed by atoms with E-state index in [1.165, 1.54) is 0 Å². The average Bonchev–Trinajstić information content (AvgIpc) is 2.76. The molecule has 0 unspecified atom stereocenters. The van der Waals surface area contributed by atoms with Gasteiger partial charge in [0.1, 0.15) is 0 Å². The minimum atomic E-state index is -5.14. The monoisotopic (exact) mass is 642 g/mol. The van der Waals surface area contributed by atoms with Gasteiger partial charge in [-0.05, 0) is 0 Å². The Morgan fingerprint density at radius 1 is 0.571 bits per heavy atom. The van der Waals surface area contributed by atoms with Gasteiger partial charge in [-0.25, -0.2) is 0 Å². The minimum absolute atomic E-state index is 0.102. The van der Waals surface area contributed by atoms with Gasteiger partial charge in [0.25, 0.3) is 0 Å². The number of rotatable bonds is 5. The third-order valence-electron chi connectivity index (χ3n) is 4.35. The molecule has 0 bridgehead atoms. The van der Waals surface area contributed by atoms with Crippen LogP contribution < -0.4 is 0 Å². The summed E-state index contributed by atoms with van der Waals surface area (Å²) in [5.74, 6) is 0. The number of benzene rings is 3. The third kappa shape index (κ3) is 6.46. The van der Waals surface area contributed by atoms with Crippen molar-refractivity contribution < 1.29 is 50.4 Å². The first-order valence-corrected chi connectivity index (χ1v) is 13.6. The van der Waals surface area contributed by atoms with E-state index in [2.05, 4.69) is 0 Å². The molecule has 0 aromatic heterocycles. The Kier molecular flexibility index (Phi) is 7.49. The van der Waals surface area contributed by atoms with Crippen LogP contribution >= 0.6 is 20.2 Å². The van der Waals surface area contributed by atoms with Gasteiger partial charge in [-0.2, -0.15) is 0 Å². The first-order valence-electron chi connectivity index (χ1n) is 9.16. The quantitative estimate of drug-likeness (QED) is 0.213. The van der Waals surface area contributed by atoms with Crippen LogP contribution in [-0.4, -0.2) is 8.42 Å². The molecule has 0 saturated heterocycles. The second-order valence-electron chi connectivity index (χ2n) is 6.77. The summed E-state index contributed by atoms with van der Waals surface area (Å²) in [7, 11) is -5.14. The first-order chi connectivity index (χ1) is 16.0. The summed E-state index contributed by atoms with van der Waals surface area (Å²) in [4.78, 5) is -1.23. The Morgan fingerprint density at radius 2 is 0.971 bits per heavy atom. The van der Waals surface area contributed by atoms with Crippen molar-refractivity contribution in [2.45, 2.75) is 23.4 Å². The van der Waals surface area contributed by atoms with Crippen molar-refractivity contribution >= 4 is 30.4 Å². The summed E-state index contributed by atoms with van der Waals surface area (Å²) < 4.78 is 148. The van der Waals surface area contributed by atoms with Gasteiger partial charge >= 0.3 is 201 Å². The first kappa shape index (κ1) is 27.3. The van der Waals surface area contributed by atoms with Crippen LogP contribution in [0.2, 0.25) is 0 Å². The maximum atomic E-state index is 13.4. The topological polar surface area (TPSA) is 43.4 Å². The van der Waals surface area contributed by atoms with E-state index in [4.69, 9.17) is 2.51 Å². The predicted molar refractivity (Wildman–Crippen MR) is 114 cm³/mol. The van der Waals surface area contributed by atoms with Crippen molar-refractivity contribution in [1.29, 1.82) is 0 Å².